The standard InChI is InChI=1S/C16H18O3/c1-2-11-4-3-5-14(10-17)15(11)12-6-8-13(9-7-12)16(18)19/h2,6-11,15,17H,1,3-5H2,(H,18,19)/b14-10+. The minimum atomic E-state index is -0.923. The summed E-state index contributed by atoms with van der Waals surface area (Å²) in [5, 5.41) is 18.3. The molecule has 1 aliphatic rings. The van der Waals surface area contributed by atoms with Crippen molar-refractivity contribution in [2.24, 2.45) is 5.92 Å². The topological polar surface area (TPSA) is 57.5 Å². The predicted octanol–water partition coefficient (Wildman–Crippen LogP) is 3.90. The maximum Gasteiger partial charge on any atom is 0.335 e. The van der Waals surface area contributed by atoms with Gasteiger partial charge in [-0.05, 0) is 48.4 Å². The van der Waals surface area contributed by atoms with Crippen LogP contribution >= 0.6 is 0 Å². The number of aliphatic hydroxyl groups is 1. The lowest BCUT2D eigenvalue weighted by atomic mass is 9.72. The van der Waals surface area contributed by atoms with Gasteiger partial charge in [-0.1, -0.05) is 18.2 Å². The van der Waals surface area contributed by atoms with E-state index in [-0.39, 0.29) is 11.5 Å². The lowest BCUT2D eigenvalue weighted by Gasteiger charge is -2.32. The molecule has 0 spiro atoms. The molecule has 3 nitrogen and oxygen atoms in total. The Morgan fingerprint density at radius 3 is 2.53 bits per heavy atom. The van der Waals surface area contributed by atoms with Crippen molar-refractivity contribution in [3.05, 3.63) is 59.9 Å². The average molecular weight is 258 g/mol. The highest BCUT2D eigenvalue weighted by Gasteiger charge is 2.28. The Balaban J connectivity index is 2.35. The molecule has 0 saturated heterocycles. The third-order valence-corrected chi connectivity index (χ3v) is 3.82. The van der Waals surface area contributed by atoms with Crippen molar-refractivity contribution in [2.45, 2.75) is 25.2 Å². The summed E-state index contributed by atoms with van der Waals surface area (Å²) in [4.78, 5) is 10.9. The summed E-state index contributed by atoms with van der Waals surface area (Å²) < 4.78 is 0. The molecular formula is C16H18O3. The van der Waals surface area contributed by atoms with E-state index in [0.717, 1.165) is 30.4 Å². The van der Waals surface area contributed by atoms with Gasteiger partial charge in [-0.3, -0.25) is 0 Å². The van der Waals surface area contributed by atoms with E-state index in [2.05, 4.69) is 6.58 Å². The van der Waals surface area contributed by atoms with Gasteiger partial charge in [-0.15, -0.1) is 6.58 Å². The van der Waals surface area contributed by atoms with Crippen molar-refractivity contribution in [2.75, 3.05) is 0 Å². The molecule has 0 aromatic heterocycles. The first-order valence-corrected chi connectivity index (χ1v) is 6.46. The second-order valence-electron chi connectivity index (χ2n) is 4.90. The van der Waals surface area contributed by atoms with Crippen LogP contribution in [0.25, 0.3) is 0 Å². The lowest BCUT2D eigenvalue weighted by Crippen LogP contribution is -2.18. The molecular weight excluding hydrogens is 240 g/mol. The van der Waals surface area contributed by atoms with Gasteiger partial charge in [-0.2, -0.15) is 0 Å². The summed E-state index contributed by atoms with van der Waals surface area (Å²) in [6, 6.07) is 6.89. The molecule has 1 aromatic carbocycles. The van der Waals surface area contributed by atoms with Gasteiger partial charge in [0.25, 0.3) is 0 Å². The number of rotatable bonds is 3. The highest BCUT2D eigenvalue weighted by atomic mass is 16.4. The van der Waals surface area contributed by atoms with E-state index in [1.165, 1.54) is 6.26 Å². The molecule has 0 heterocycles. The summed E-state index contributed by atoms with van der Waals surface area (Å²) in [5.74, 6) is -0.518. The van der Waals surface area contributed by atoms with Gasteiger partial charge in [0.2, 0.25) is 0 Å². The first-order valence-electron chi connectivity index (χ1n) is 6.46. The number of aliphatic hydroxyl groups excluding tert-OH is 1. The Morgan fingerprint density at radius 1 is 1.32 bits per heavy atom. The number of carboxylic acids is 1. The van der Waals surface area contributed by atoms with E-state index in [0.29, 0.717) is 5.92 Å². The van der Waals surface area contributed by atoms with Gasteiger partial charge in [0, 0.05) is 5.92 Å². The third kappa shape index (κ3) is 2.70. The van der Waals surface area contributed by atoms with Crippen LogP contribution in [0, 0.1) is 5.92 Å². The highest BCUT2D eigenvalue weighted by molar-refractivity contribution is 5.87. The van der Waals surface area contributed by atoms with Crippen molar-refractivity contribution in [1.29, 1.82) is 0 Å². The highest BCUT2D eigenvalue weighted by Crippen LogP contribution is 2.42. The fourth-order valence-electron chi connectivity index (χ4n) is 2.83. The van der Waals surface area contributed by atoms with Crippen molar-refractivity contribution < 1.29 is 15.0 Å². The summed E-state index contributed by atoms with van der Waals surface area (Å²) in [6.07, 6.45) is 6.11. The van der Waals surface area contributed by atoms with Crippen LogP contribution in [0.2, 0.25) is 0 Å². The summed E-state index contributed by atoms with van der Waals surface area (Å²) >= 11 is 0. The molecule has 2 N–H and O–H groups in total. The van der Waals surface area contributed by atoms with Crippen LogP contribution < -0.4 is 0 Å². The van der Waals surface area contributed by atoms with Crippen LogP contribution in [0.4, 0.5) is 0 Å². The molecule has 1 aromatic rings. The normalized spacial score (nSPS) is 25.2. The zero-order valence-corrected chi connectivity index (χ0v) is 10.7. The third-order valence-electron chi connectivity index (χ3n) is 3.82. The number of hydrogen-bond acceptors (Lipinski definition) is 2. The van der Waals surface area contributed by atoms with Crippen molar-refractivity contribution in [3.8, 4) is 0 Å². The quantitative estimate of drug-likeness (QED) is 0.638. The molecule has 2 atom stereocenters. The van der Waals surface area contributed by atoms with Gasteiger partial charge >= 0.3 is 5.97 Å². The molecule has 2 rings (SSSR count). The molecule has 1 fully saturated rings. The van der Waals surface area contributed by atoms with Crippen LogP contribution in [0.1, 0.15) is 41.1 Å². The Hall–Kier alpha value is -2.03. The minimum Gasteiger partial charge on any atom is -0.516 e. The van der Waals surface area contributed by atoms with Gasteiger partial charge in [-0.25, -0.2) is 4.79 Å². The van der Waals surface area contributed by atoms with Crippen molar-refractivity contribution in [3.63, 3.8) is 0 Å². The van der Waals surface area contributed by atoms with E-state index in [1.54, 1.807) is 12.1 Å². The Morgan fingerprint density at radius 2 is 2.00 bits per heavy atom. The monoisotopic (exact) mass is 258 g/mol. The molecule has 0 aliphatic heterocycles. The summed E-state index contributed by atoms with van der Waals surface area (Å²) in [5.41, 5.74) is 2.32. The molecule has 1 aliphatic carbocycles. The predicted molar refractivity (Wildman–Crippen MR) is 74.4 cm³/mol. The van der Waals surface area contributed by atoms with Crippen molar-refractivity contribution >= 4 is 5.97 Å². The lowest BCUT2D eigenvalue weighted by molar-refractivity contribution is 0.0697. The number of aromatic carboxylic acids is 1. The molecule has 1 saturated carbocycles. The van der Waals surface area contributed by atoms with Crippen molar-refractivity contribution in [1.82, 2.24) is 0 Å². The number of hydrogen-bond donors (Lipinski definition) is 2. The number of benzene rings is 1. The van der Waals surface area contributed by atoms with Crippen LogP contribution in [0.3, 0.4) is 0 Å². The molecule has 19 heavy (non-hydrogen) atoms. The van der Waals surface area contributed by atoms with E-state index in [1.807, 2.05) is 18.2 Å². The zero-order chi connectivity index (χ0) is 13.8. The van der Waals surface area contributed by atoms with Gasteiger partial charge in [0.15, 0.2) is 0 Å². The molecule has 0 bridgehead atoms. The molecule has 0 radical (unpaired) electrons. The first kappa shape index (κ1) is 13.4. The zero-order valence-electron chi connectivity index (χ0n) is 10.7. The smallest absolute Gasteiger partial charge is 0.335 e. The van der Waals surface area contributed by atoms with Gasteiger partial charge in [0.1, 0.15) is 0 Å². The largest absolute Gasteiger partial charge is 0.516 e. The summed E-state index contributed by atoms with van der Waals surface area (Å²) in [6.45, 7) is 3.87. The van der Waals surface area contributed by atoms with E-state index >= 15 is 0 Å². The second kappa shape index (κ2) is 5.74. The number of carboxylic acid groups (broad SMARTS) is 1. The Kier molecular flexibility index (Phi) is 4.05. The molecule has 2 unspecified atom stereocenters. The maximum atomic E-state index is 10.9. The van der Waals surface area contributed by atoms with E-state index < -0.39 is 5.97 Å². The number of allylic oxidation sites excluding steroid dienone is 2. The van der Waals surface area contributed by atoms with Crippen LogP contribution in [-0.4, -0.2) is 16.2 Å². The fraction of sp³-hybridized carbons (Fsp3) is 0.312. The average Bonchev–Trinajstić information content (AvgIpc) is 2.46. The molecule has 100 valence electrons. The minimum absolute atomic E-state index is 0.110. The maximum absolute atomic E-state index is 10.9. The number of carbonyl (C=O) groups is 1. The molecule has 0 amide bonds. The van der Waals surface area contributed by atoms with E-state index in [9.17, 15) is 9.90 Å². The summed E-state index contributed by atoms with van der Waals surface area (Å²) in [7, 11) is 0. The fourth-order valence-corrected chi connectivity index (χ4v) is 2.83. The van der Waals surface area contributed by atoms with Gasteiger partial charge < -0.3 is 10.2 Å². The van der Waals surface area contributed by atoms with Crippen LogP contribution in [-0.2, 0) is 0 Å². The second-order valence-corrected chi connectivity index (χ2v) is 4.90. The van der Waals surface area contributed by atoms with Gasteiger partial charge in [0.05, 0.1) is 11.8 Å². The first-order chi connectivity index (χ1) is 9.17. The SMILES string of the molecule is C=CC1CCC/C(=C\O)C1c1ccc(C(=O)O)cc1. The Bertz CT molecular complexity index is 499. The van der Waals surface area contributed by atoms with Crippen LogP contribution in [0.5, 0.6) is 0 Å². The Labute approximate surface area is 112 Å². The van der Waals surface area contributed by atoms with E-state index in [4.69, 9.17) is 5.11 Å². The van der Waals surface area contributed by atoms with Crippen LogP contribution in [0.15, 0.2) is 48.8 Å². The molecule has 3 heteroatoms.